The number of aromatic nitrogens is 3. The first-order valence-electron chi connectivity index (χ1n) is 9.19. The molecular weight excluding hydrogens is 435 g/mol. The van der Waals surface area contributed by atoms with Crippen molar-refractivity contribution in [2.45, 2.75) is 30.6 Å². The van der Waals surface area contributed by atoms with Gasteiger partial charge in [0.15, 0.2) is 0 Å². The van der Waals surface area contributed by atoms with E-state index in [0.29, 0.717) is 29.5 Å². The first-order valence-corrected chi connectivity index (χ1v) is 10.7. The van der Waals surface area contributed by atoms with E-state index in [1.165, 1.54) is 31.3 Å². The van der Waals surface area contributed by atoms with Gasteiger partial charge in [-0.3, -0.25) is 4.57 Å². The molecule has 164 valence electrons. The van der Waals surface area contributed by atoms with Crippen molar-refractivity contribution in [3.05, 3.63) is 48.3 Å². The minimum Gasteiger partial charge on any atom is -0.460 e. The van der Waals surface area contributed by atoms with Crippen LogP contribution < -0.4 is 14.8 Å². The molecule has 0 fully saturated rings. The molecule has 0 saturated carbocycles. The molecule has 8 nitrogen and oxygen atoms in total. The summed E-state index contributed by atoms with van der Waals surface area (Å²) in [6.45, 7) is 2.50. The summed E-state index contributed by atoms with van der Waals surface area (Å²) in [7, 11) is -2.43. The van der Waals surface area contributed by atoms with Crippen LogP contribution in [0.25, 0.3) is 11.3 Å². The molecule has 1 aromatic carbocycles. The van der Waals surface area contributed by atoms with E-state index >= 15 is 0 Å². The van der Waals surface area contributed by atoms with Gasteiger partial charge in [-0.2, -0.15) is 18.2 Å². The minimum atomic E-state index is -4.49. The molecule has 31 heavy (non-hydrogen) atoms. The van der Waals surface area contributed by atoms with Crippen molar-refractivity contribution in [2.24, 2.45) is 0 Å². The molecule has 1 aliphatic rings. The standard InChI is InChI=1S/C19H18F3N5O3S/c1-11-9-27-10-16(26-18(27)30-11)14-7-13(31(28,29)23-2)4-5-15(14)25-17-6-3-12(8-24-17)19(20,21)22/h3-8,10-11,23H,9H2,1-2H3,(H,24,25)/t11-/m1/s1. The number of pyridine rings is 1. The van der Waals surface area contributed by atoms with Gasteiger partial charge in [0.2, 0.25) is 10.0 Å². The maximum atomic E-state index is 12.8. The van der Waals surface area contributed by atoms with Crippen molar-refractivity contribution < 1.29 is 26.3 Å². The molecule has 0 bridgehead atoms. The highest BCUT2D eigenvalue weighted by Gasteiger charge is 2.30. The number of alkyl halides is 3. The highest BCUT2D eigenvalue weighted by atomic mass is 32.2. The Morgan fingerprint density at radius 3 is 2.61 bits per heavy atom. The Morgan fingerprint density at radius 2 is 2.00 bits per heavy atom. The molecule has 0 radical (unpaired) electrons. The van der Waals surface area contributed by atoms with Crippen LogP contribution in [0.1, 0.15) is 12.5 Å². The van der Waals surface area contributed by atoms with Crippen LogP contribution in [0.4, 0.5) is 24.7 Å². The van der Waals surface area contributed by atoms with Gasteiger partial charge in [0.05, 0.1) is 22.7 Å². The number of nitrogens with zero attached hydrogens (tertiary/aromatic N) is 3. The van der Waals surface area contributed by atoms with E-state index in [4.69, 9.17) is 4.74 Å². The fourth-order valence-corrected chi connectivity index (χ4v) is 3.91. The lowest BCUT2D eigenvalue weighted by Crippen LogP contribution is -2.18. The number of nitrogens with one attached hydrogen (secondary N) is 2. The van der Waals surface area contributed by atoms with Crippen LogP contribution in [0.15, 0.2) is 47.6 Å². The van der Waals surface area contributed by atoms with Crippen LogP contribution in [-0.4, -0.2) is 36.1 Å². The Kier molecular flexibility index (Phi) is 5.13. The summed E-state index contributed by atoms with van der Waals surface area (Å²) in [5, 5.41) is 2.94. The van der Waals surface area contributed by atoms with Crippen LogP contribution in [0.3, 0.4) is 0 Å². The lowest BCUT2D eigenvalue weighted by atomic mass is 10.1. The van der Waals surface area contributed by atoms with Gasteiger partial charge in [-0.15, -0.1) is 0 Å². The van der Waals surface area contributed by atoms with E-state index in [9.17, 15) is 21.6 Å². The second-order valence-corrected chi connectivity index (χ2v) is 8.85. The van der Waals surface area contributed by atoms with Crippen LogP contribution in [0, 0.1) is 0 Å². The Hall–Kier alpha value is -3.12. The zero-order chi connectivity index (χ0) is 22.4. The molecule has 3 aromatic rings. The largest absolute Gasteiger partial charge is 0.460 e. The summed E-state index contributed by atoms with van der Waals surface area (Å²) >= 11 is 0. The fourth-order valence-electron chi connectivity index (χ4n) is 3.15. The number of imidazole rings is 1. The molecule has 0 aliphatic carbocycles. The number of fused-ring (bicyclic) bond motifs is 1. The van der Waals surface area contributed by atoms with Crippen molar-refractivity contribution in [3.8, 4) is 17.3 Å². The van der Waals surface area contributed by atoms with Crippen LogP contribution in [-0.2, 0) is 22.7 Å². The summed E-state index contributed by atoms with van der Waals surface area (Å²) in [6.07, 6.45) is -2.06. The molecule has 2 aromatic heterocycles. The highest BCUT2D eigenvalue weighted by molar-refractivity contribution is 7.89. The number of halogens is 3. The second-order valence-electron chi connectivity index (χ2n) is 6.96. The van der Waals surface area contributed by atoms with Gasteiger partial charge in [0, 0.05) is 23.6 Å². The highest BCUT2D eigenvalue weighted by Crippen LogP contribution is 2.35. The summed E-state index contributed by atoms with van der Waals surface area (Å²) in [5.41, 5.74) is 0.429. The molecule has 2 N–H and O–H groups in total. The summed E-state index contributed by atoms with van der Waals surface area (Å²) in [6, 6.07) is 6.83. The summed E-state index contributed by atoms with van der Waals surface area (Å²) < 4.78 is 72.6. The first kappa shape index (κ1) is 21.1. The maximum absolute atomic E-state index is 12.8. The van der Waals surface area contributed by atoms with E-state index in [0.717, 1.165) is 12.3 Å². The van der Waals surface area contributed by atoms with Gasteiger partial charge in [-0.1, -0.05) is 0 Å². The smallest absolute Gasteiger partial charge is 0.417 e. The van der Waals surface area contributed by atoms with E-state index < -0.39 is 21.8 Å². The number of rotatable bonds is 5. The third-order valence-corrected chi connectivity index (χ3v) is 6.11. The van der Waals surface area contributed by atoms with Crippen molar-refractivity contribution in [3.63, 3.8) is 0 Å². The van der Waals surface area contributed by atoms with Gasteiger partial charge in [0.1, 0.15) is 11.9 Å². The molecule has 1 atom stereocenters. The topological polar surface area (TPSA) is 98.1 Å². The molecule has 0 spiro atoms. The van der Waals surface area contributed by atoms with E-state index in [1.807, 2.05) is 6.92 Å². The summed E-state index contributed by atoms with van der Waals surface area (Å²) in [4.78, 5) is 8.25. The molecule has 0 amide bonds. The second kappa shape index (κ2) is 7.54. The zero-order valence-corrected chi connectivity index (χ0v) is 17.3. The van der Waals surface area contributed by atoms with Crippen LogP contribution >= 0.6 is 0 Å². The van der Waals surface area contributed by atoms with Crippen LogP contribution in [0.5, 0.6) is 6.01 Å². The van der Waals surface area contributed by atoms with E-state index in [2.05, 4.69) is 20.0 Å². The fraction of sp³-hybridized carbons (Fsp3) is 0.263. The Labute approximate surface area is 176 Å². The predicted molar refractivity (Wildman–Crippen MR) is 107 cm³/mol. The number of hydrogen-bond acceptors (Lipinski definition) is 6. The Balaban J connectivity index is 1.74. The van der Waals surface area contributed by atoms with Crippen molar-refractivity contribution >= 4 is 21.5 Å². The monoisotopic (exact) mass is 453 g/mol. The number of hydrogen-bond donors (Lipinski definition) is 2. The number of ether oxygens (including phenoxy) is 1. The van der Waals surface area contributed by atoms with Gasteiger partial charge >= 0.3 is 6.18 Å². The van der Waals surface area contributed by atoms with Crippen LogP contribution in [0.2, 0.25) is 0 Å². The average molecular weight is 453 g/mol. The summed E-state index contributed by atoms with van der Waals surface area (Å²) in [5.74, 6) is 0.162. The Morgan fingerprint density at radius 1 is 1.23 bits per heavy atom. The Bertz CT molecular complexity index is 1200. The first-order chi connectivity index (χ1) is 14.6. The third kappa shape index (κ3) is 4.21. The average Bonchev–Trinajstić information content (AvgIpc) is 3.25. The molecule has 1 aliphatic heterocycles. The molecular formula is C19H18F3N5O3S. The molecule has 4 rings (SSSR count). The van der Waals surface area contributed by atoms with Gasteiger partial charge in [0.25, 0.3) is 6.01 Å². The minimum absolute atomic E-state index is 0.0124. The van der Waals surface area contributed by atoms with Crippen molar-refractivity contribution in [2.75, 3.05) is 12.4 Å². The van der Waals surface area contributed by atoms with E-state index in [1.54, 1.807) is 10.8 Å². The lowest BCUT2D eigenvalue weighted by Gasteiger charge is -2.13. The zero-order valence-electron chi connectivity index (χ0n) is 16.4. The molecule has 12 heteroatoms. The van der Waals surface area contributed by atoms with Crippen molar-refractivity contribution in [1.29, 1.82) is 0 Å². The van der Waals surface area contributed by atoms with Gasteiger partial charge < -0.3 is 10.1 Å². The molecule has 0 saturated heterocycles. The van der Waals surface area contributed by atoms with Gasteiger partial charge in [-0.05, 0) is 44.3 Å². The third-order valence-electron chi connectivity index (χ3n) is 4.70. The molecule has 0 unspecified atom stereocenters. The van der Waals surface area contributed by atoms with Crippen molar-refractivity contribution in [1.82, 2.24) is 19.3 Å². The SMILES string of the molecule is CNS(=O)(=O)c1ccc(Nc2ccc(C(F)(F)F)cn2)c(-c2cn3c(n2)O[C@H](C)C3)c1. The number of benzene rings is 1. The normalized spacial score (nSPS) is 16.1. The predicted octanol–water partition coefficient (Wildman–Crippen LogP) is 3.40. The van der Waals surface area contributed by atoms with E-state index in [-0.39, 0.29) is 16.8 Å². The maximum Gasteiger partial charge on any atom is 0.417 e. The van der Waals surface area contributed by atoms with Gasteiger partial charge in [-0.25, -0.2) is 18.1 Å². The molecule has 3 heterocycles. The number of sulfonamides is 1. The lowest BCUT2D eigenvalue weighted by molar-refractivity contribution is -0.137. The quantitative estimate of drug-likeness (QED) is 0.615. The number of anilines is 2.